The molecule has 0 spiro atoms. The molecule has 2 aromatic carbocycles. The molecule has 4 rings (SSSR count). The maximum atomic E-state index is 13.0. The largest absolute Gasteiger partial charge is 0.492 e. The van der Waals surface area contributed by atoms with Crippen molar-refractivity contribution in [3.63, 3.8) is 0 Å². The smallest absolute Gasteiger partial charge is 0.291 e. The van der Waals surface area contributed by atoms with Gasteiger partial charge in [-0.1, -0.05) is 30.3 Å². The summed E-state index contributed by atoms with van der Waals surface area (Å²) in [6.07, 6.45) is 2.17. The maximum absolute atomic E-state index is 13.0. The molecule has 0 unspecified atom stereocenters. The van der Waals surface area contributed by atoms with Crippen LogP contribution < -0.4 is 20.2 Å². The Morgan fingerprint density at radius 3 is 2.59 bits per heavy atom. The molecule has 1 aliphatic rings. The summed E-state index contributed by atoms with van der Waals surface area (Å²) in [4.78, 5) is 25.2. The fourth-order valence-electron chi connectivity index (χ4n) is 3.85. The monoisotopic (exact) mass is 461 g/mol. The number of ether oxygens (including phenoxy) is 2. The zero-order valence-corrected chi connectivity index (χ0v) is 19.2. The lowest BCUT2D eigenvalue weighted by Gasteiger charge is -2.13. The van der Waals surface area contributed by atoms with E-state index in [1.165, 1.54) is 0 Å². The molecule has 0 fully saturated rings. The van der Waals surface area contributed by atoms with Crippen molar-refractivity contribution in [2.75, 3.05) is 18.5 Å². The van der Waals surface area contributed by atoms with Gasteiger partial charge in [-0.05, 0) is 51.0 Å². The van der Waals surface area contributed by atoms with E-state index >= 15 is 0 Å². The number of nitrogens with zero attached hydrogens (tertiary/aromatic N) is 1. The number of para-hydroxylation sites is 3. The van der Waals surface area contributed by atoms with Crippen LogP contribution in [0, 0.1) is 6.92 Å². The molecule has 176 valence electrons. The minimum absolute atomic E-state index is 0.148. The highest BCUT2D eigenvalue weighted by molar-refractivity contribution is 6.09. The summed E-state index contributed by atoms with van der Waals surface area (Å²) in [7, 11) is 0. The lowest BCUT2D eigenvalue weighted by atomic mass is 9.93. The highest BCUT2D eigenvalue weighted by atomic mass is 16.5. The van der Waals surface area contributed by atoms with E-state index in [1.54, 1.807) is 24.3 Å². The topological polar surface area (TPSA) is 102 Å². The van der Waals surface area contributed by atoms with Crippen molar-refractivity contribution in [1.82, 2.24) is 5.43 Å². The number of nitrogens with one attached hydrogen (secondary N) is 2. The molecule has 0 radical (unpaired) electrons. The van der Waals surface area contributed by atoms with E-state index in [-0.39, 0.29) is 24.2 Å². The van der Waals surface area contributed by atoms with Crippen LogP contribution in [0.25, 0.3) is 0 Å². The number of aryl methyl sites for hydroxylation is 1. The number of anilines is 1. The number of benzene rings is 2. The second-order valence-corrected chi connectivity index (χ2v) is 7.79. The number of carbonyl (C=O) groups is 2. The average molecular weight is 462 g/mol. The van der Waals surface area contributed by atoms with Crippen LogP contribution in [0.2, 0.25) is 0 Å². The summed E-state index contributed by atoms with van der Waals surface area (Å²) in [6.45, 7) is 4.05. The number of hydrogen-bond donors (Lipinski definition) is 2. The Bertz CT molecular complexity index is 1200. The fraction of sp³-hybridized carbons (Fsp3) is 0.269. The number of fused-ring (bicyclic) bond motifs is 1. The molecule has 0 saturated carbocycles. The molecule has 8 nitrogen and oxygen atoms in total. The van der Waals surface area contributed by atoms with E-state index in [9.17, 15) is 9.59 Å². The van der Waals surface area contributed by atoms with Gasteiger partial charge in [0, 0.05) is 17.5 Å². The second-order valence-electron chi connectivity index (χ2n) is 7.79. The van der Waals surface area contributed by atoms with Crippen LogP contribution in [-0.4, -0.2) is 30.7 Å². The summed E-state index contributed by atoms with van der Waals surface area (Å²) in [6, 6.07) is 16.4. The van der Waals surface area contributed by atoms with Gasteiger partial charge in [-0.2, -0.15) is 5.10 Å². The standard InChI is InChI=1S/C26H27N3O5/c1-3-32-21-14-8-7-12-19(21)27-26(31)25-17(2)24-20(13-9-15-22(24)34-25)28-29-23(30)16-33-18-10-5-4-6-11-18/h4-8,10-12,14H,3,9,13,15-16H2,1-2H3,(H,27,31)(H,29,30)/b28-20+. The summed E-state index contributed by atoms with van der Waals surface area (Å²) in [5.74, 6) is 1.39. The number of amides is 2. The van der Waals surface area contributed by atoms with Crippen LogP contribution in [-0.2, 0) is 11.2 Å². The van der Waals surface area contributed by atoms with Gasteiger partial charge in [0.15, 0.2) is 12.4 Å². The molecule has 0 saturated heterocycles. The third-order valence-corrected chi connectivity index (χ3v) is 5.40. The van der Waals surface area contributed by atoms with Gasteiger partial charge in [0.2, 0.25) is 0 Å². The Kier molecular flexibility index (Phi) is 7.27. The van der Waals surface area contributed by atoms with Crippen LogP contribution in [0.4, 0.5) is 5.69 Å². The van der Waals surface area contributed by atoms with E-state index in [4.69, 9.17) is 13.9 Å². The number of rotatable bonds is 8. The normalized spacial score (nSPS) is 13.8. The third kappa shape index (κ3) is 5.28. The van der Waals surface area contributed by atoms with Gasteiger partial charge in [-0.25, -0.2) is 5.43 Å². The Labute approximate surface area is 197 Å². The first-order valence-corrected chi connectivity index (χ1v) is 11.3. The van der Waals surface area contributed by atoms with Crippen LogP contribution in [0.1, 0.15) is 47.2 Å². The lowest BCUT2D eigenvalue weighted by Crippen LogP contribution is -2.27. The SMILES string of the molecule is CCOc1ccccc1NC(=O)c1oc2c(c1C)/C(=N/NC(=O)COc1ccccc1)CCC2. The van der Waals surface area contributed by atoms with Crippen LogP contribution in [0.5, 0.6) is 11.5 Å². The molecule has 2 N–H and O–H groups in total. The molecule has 2 amide bonds. The van der Waals surface area contributed by atoms with E-state index in [1.807, 2.05) is 44.2 Å². The molecule has 1 aliphatic carbocycles. The molecule has 0 bridgehead atoms. The van der Waals surface area contributed by atoms with Crippen molar-refractivity contribution >= 4 is 23.2 Å². The number of hydrogen-bond acceptors (Lipinski definition) is 6. The Hall–Kier alpha value is -4.07. The van der Waals surface area contributed by atoms with Gasteiger partial charge in [0.05, 0.1) is 18.0 Å². The summed E-state index contributed by atoms with van der Waals surface area (Å²) in [5, 5.41) is 7.19. The zero-order chi connectivity index (χ0) is 23.9. The molecule has 0 atom stereocenters. The first-order chi connectivity index (χ1) is 16.6. The highest BCUT2D eigenvalue weighted by Gasteiger charge is 2.28. The Morgan fingerprint density at radius 1 is 1.03 bits per heavy atom. The van der Waals surface area contributed by atoms with Gasteiger partial charge in [-0.3, -0.25) is 9.59 Å². The lowest BCUT2D eigenvalue weighted by molar-refractivity contribution is -0.123. The zero-order valence-electron chi connectivity index (χ0n) is 19.2. The Morgan fingerprint density at radius 2 is 1.79 bits per heavy atom. The quantitative estimate of drug-likeness (QED) is 0.482. The van der Waals surface area contributed by atoms with Crippen molar-refractivity contribution in [2.45, 2.75) is 33.1 Å². The summed E-state index contributed by atoms with van der Waals surface area (Å²) in [5.41, 5.74) is 5.28. The molecular weight excluding hydrogens is 434 g/mol. The first-order valence-electron chi connectivity index (χ1n) is 11.3. The molecule has 8 heteroatoms. The van der Waals surface area contributed by atoms with Crippen molar-refractivity contribution in [2.24, 2.45) is 5.10 Å². The van der Waals surface area contributed by atoms with Crippen molar-refractivity contribution < 1.29 is 23.5 Å². The molecule has 1 heterocycles. The van der Waals surface area contributed by atoms with Crippen LogP contribution in [0.15, 0.2) is 64.1 Å². The predicted octanol–water partition coefficient (Wildman–Crippen LogP) is 4.47. The third-order valence-electron chi connectivity index (χ3n) is 5.40. The van der Waals surface area contributed by atoms with E-state index in [0.29, 0.717) is 53.7 Å². The molecule has 0 aliphatic heterocycles. The molecular formula is C26H27N3O5. The molecule has 3 aromatic rings. The van der Waals surface area contributed by atoms with E-state index < -0.39 is 0 Å². The van der Waals surface area contributed by atoms with Gasteiger partial charge < -0.3 is 19.2 Å². The summed E-state index contributed by atoms with van der Waals surface area (Å²) >= 11 is 0. The molecule has 34 heavy (non-hydrogen) atoms. The Balaban J connectivity index is 1.47. The molecule has 1 aromatic heterocycles. The minimum Gasteiger partial charge on any atom is -0.492 e. The predicted molar refractivity (Wildman–Crippen MR) is 129 cm³/mol. The van der Waals surface area contributed by atoms with Gasteiger partial charge in [0.25, 0.3) is 11.8 Å². The van der Waals surface area contributed by atoms with E-state index in [0.717, 1.165) is 12.0 Å². The number of furan rings is 1. The maximum Gasteiger partial charge on any atom is 0.291 e. The number of hydrazone groups is 1. The van der Waals surface area contributed by atoms with Crippen LogP contribution in [0.3, 0.4) is 0 Å². The van der Waals surface area contributed by atoms with Gasteiger partial charge in [0.1, 0.15) is 17.3 Å². The minimum atomic E-state index is -0.366. The average Bonchev–Trinajstić information content (AvgIpc) is 3.20. The summed E-state index contributed by atoms with van der Waals surface area (Å²) < 4.78 is 17.0. The van der Waals surface area contributed by atoms with Crippen LogP contribution >= 0.6 is 0 Å². The first kappa shape index (κ1) is 23.1. The second kappa shape index (κ2) is 10.7. The van der Waals surface area contributed by atoms with E-state index in [2.05, 4.69) is 15.8 Å². The van der Waals surface area contributed by atoms with Crippen molar-refractivity contribution in [1.29, 1.82) is 0 Å². The number of carbonyl (C=O) groups excluding carboxylic acids is 2. The van der Waals surface area contributed by atoms with Gasteiger partial charge >= 0.3 is 0 Å². The van der Waals surface area contributed by atoms with Gasteiger partial charge in [-0.15, -0.1) is 0 Å². The van der Waals surface area contributed by atoms with Crippen molar-refractivity contribution in [3.8, 4) is 11.5 Å². The fourth-order valence-corrected chi connectivity index (χ4v) is 3.85. The highest BCUT2D eigenvalue weighted by Crippen LogP contribution is 2.31. The van der Waals surface area contributed by atoms with Crippen molar-refractivity contribution in [3.05, 3.63) is 77.2 Å².